The smallest absolute Gasteiger partial charge is 0.169 e. The first kappa shape index (κ1) is 13.1. The van der Waals surface area contributed by atoms with Crippen LogP contribution in [0.2, 0.25) is 0 Å². The number of furan rings is 1. The molecule has 0 amide bonds. The van der Waals surface area contributed by atoms with Gasteiger partial charge in [0.25, 0.3) is 0 Å². The summed E-state index contributed by atoms with van der Waals surface area (Å²) < 4.78 is 12.1. The van der Waals surface area contributed by atoms with Gasteiger partial charge in [0.2, 0.25) is 0 Å². The largest absolute Gasteiger partial charge is 0.453 e. The predicted octanol–water partition coefficient (Wildman–Crippen LogP) is 3.65. The topological polar surface area (TPSA) is 34.4 Å². The summed E-state index contributed by atoms with van der Waals surface area (Å²) in [4.78, 5) is 0. The van der Waals surface area contributed by atoms with E-state index in [0.717, 1.165) is 36.4 Å². The van der Waals surface area contributed by atoms with Crippen molar-refractivity contribution >= 4 is 15.9 Å². The fourth-order valence-corrected chi connectivity index (χ4v) is 2.55. The van der Waals surface area contributed by atoms with E-state index in [1.54, 1.807) is 0 Å². The molecule has 0 aromatic carbocycles. The number of ether oxygens (including phenoxy) is 1. The molecule has 1 aromatic rings. The highest BCUT2D eigenvalue weighted by molar-refractivity contribution is 9.10. The van der Waals surface area contributed by atoms with Crippen LogP contribution in [-0.2, 0) is 4.74 Å². The molecule has 0 bridgehead atoms. The van der Waals surface area contributed by atoms with Crippen LogP contribution in [0.1, 0.15) is 44.4 Å². The minimum atomic E-state index is 0.268. The molecule has 0 radical (unpaired) electrons. The molecule has 0 aliphatic carbocycles. The van der Waals surface area contributed by atoms with Gasteiger partial charge in [0, 0.05) is 6.61 Å². The van der Waals surface area contributed by atoms with Gasteiger partial charge in [-0.1, -0.05) is 6.92 Å². The van der Waals surface area contributed by atoms with Crippen molar-refractivity contribution in [2.75, 3.05) is 13.2 Å². The molecule has 2 unspecified atom stereocenters. The second-order valence-corrected chi connectivity index (χ2v) is 5.30. The van der Waals surface area contributed by atoms with Gasteiger partial charge >= 0.3 is 0 Å². The molecule has 2 atom stereocenters. The zero-order valence-corrected chi connectivity index (χ0v) is 11.8. The second-order valence-electron chi connectivity index (χ2n) is 4.52. The predicted molar refractivity (Wildman–Crippen MR) is 71.0 cm³/mol. The van der Waals surface area contributed by atoms with E-state index in [4.69, 9.17) is 9.15 Å². The van der Waals surface area contributed by atoms with E-state index < -0.39 is 0 Å². The average molecular weight is 302 g/mol. The summed E-state index contributed by atoms with van der Waals surface area (Å²) in [7, 11) is 0. The van der Waals surface area contributed by atoms with Gasteiger partial charge in [0.05, 0.1) is 12.1 Å². The fourth-order valence-electron chi connectivity index (χ4n) is 2.23. The lowest BCUT2D eigenvalue weighted by molar-refractivity contribution is 0.0919. The lowest BCUT2D eigenvalue weighted by Crippen LogP contribution is -2.25. The highest BCUT2D eigenvalue weighted by atomic mass is 79.9. The van der Waals surface area contributed by atoms with Gasteiger partial charge in [-0.05, 0) is 60.3 Å². The summed E-state index contributed by atoms with van der Waals surface area (Å²) in [5, 5.41) is 3.53. The number of halogens is 1. The molecule has 0 spiro atoms. The second kappa shape index (κ2) is 6.57. The number of hydrogen-bond acceptors (Lipinski definition) is 3. The van der Waals surface area contributed by atoms with Crippen molar-refractivity contribution in [3.63, 3.8) is 0 Å². The van der Waals surface area contributed by atoms with Gasteiger partial charge in [-0.2, -0.15) is 0 Å². The minimum absolute atomic E-state index is 0.268. The molecule has 0 saturated carbocycles. The van der Waals surface area contributed by atoms with Crippen LogP contribution in [0, 0.1) is 0 Å². The highest BCUT2D eigenvalue weighted by Crippen LogP contribution is 2.27. The Labute approximate surface area is 111 Å². The van der Waals surface area contributed by atoms with Gasteiger partial charge in [0.15, 0.2) is 4.67 Å². The molecule has 2 rings (SSSR count). The Morgan fingerprint density at radius 2 is 2.41 bits per heavy atom. The Bertz CT molecular complexity index is 334. The van der Waals surface area contributed by atoms with E-state index in [-0.39, 0.29) is 6.04 Å². The van der Waals surface area contributed by atoms with Crippen LogP contribution in [0.5, 0.6) is 0 Å². The van der Waals surface area contributed by atoms with Crippen LogP contribution in [0.15, 0.2) is 21.2 Å². The average Bonchev–Trinajstić information content (AvgIpc) is 2.95. The zero-order valence-electron chi connectivity index (χ0n) is 10.2. The maximum absolute atomic E-state index is 5.70. The molecular weight excluding hydrogens is 282 g/mol. The van der Waals surface area contributed by atoms with Gasteiger partial charge < -0.3 is 14.5 Å². The monoisotopic (exact) mass is 301 g/mol. The zero-order chi connectivity index (χ0) is 12.1. The van der Waals surface area contributed by atoms with E-state index in [1.165, 1.54) is 12.8 Å². The molecular formula is C13H20BrNO2. The third-order valence-electron chi connectivity index (χ3n) is 3.10. The molecule has 1 aliphatic heterocycles. The Balaban J connectivity index is 1.96. The van der Waals surface area contributed by atoms with E-state index in [2.05, 4.69) is 28.2 Å². The van der Waals surface area contributed by atoms with Crippen molar-refractivity contribution in [1.29, 1.82) is 0 Å². The summed E-state index contributed by atoms with van der Waals surface area (Å²) in [6.45, 7) is 4.09. The van der Waals surface area contributed by atoms with Gasteiger partial charge in [0.1, 0.15) is 5.76 Å². The first-order valence-corrected chi connectivity index (χ1v) is 7.19. The van der Waals surface area contributed by atoms with E-state index >= 15 is 0 Å². The van der Waals surface area contributed by atoms with Crippen LogP contribution in [-0.4, -0.2) is 19.3 Å². The Hall–Kier alpha value is -0.320. The van der Waals surface area contributed by atoms with Crippen LogP contribution in [0.25, 0.3) is 0 Å². The van der Waals surface area contributed by atoms with Gasteiger partial charge in [-0.15, -0.1) is 0 Å². The third-order valence-corrected chi connectivity index (χ3v) is 3.53. The highest BCUT2D eigenvalue weighted by Gasteiger charge is 2.23. The van der Waals surface area contributed by atoms with Crippen LogP contribution in [0.4, 0.5) is 0 Å². The molecule has 3 nitrogen and oxygen atoms in total. The maximum Gasteiger partial charge on any atom is 0.169 e. The molecule has 1 N–H and O–H groups in total. The lowest BCUT2D eigenvalue weighted by Gasteiger charge is -2.19. The van der Waals surface area contributed by atoms with Crippen LogP contribution < -0.4 is 5.32 Å². The van der Waals surface area contributed by atoms with Crippen molar-refractivity contribution in [3.8, 4) is 0 Å². The molecule has 4 heteroatoms. The SMILES string of the molecule is CCCNC(CC1CCCO1)c1ccc(Br)o1. The first-order valence-electron chi connectivity index (χ1n) is 6.40. The molecule has 17 heavy (non-hydrogen) atoms. The summed E-state index contributed by atoms with van der Waals surface area (Å²) in [5.41, 5.74) is 0. The normalized spacial score (nSPS) is 21.9. The van der Waals surface area contributed by atoms with E-state index in [0.29, 0.717) is 6.10 Å². The summed E-state index contributed by atoms with van der Waals surface area (Å²) in [6.07, 6.45) is 4.87. The minimum Gasteiger partial charge on any atom is -0.453 e. The third kappa shape index (κ3) is 3.83. The molecule has 1 aromatic heterocycles. The van der Waals surface area contributed by atoms with E-state index in [9.17, 15) is 0 Å². The summed E-state index contributed by atoms with van der Waals surface area (Å²) in [6, 6.07) is 4.25. The standard InChI is InChI=1S/C13H20BrNO2/c1-2-7-15-11(9-10-4-3-8-16-10)12-5-6-13(14)17-12/h5-6,10-11,15H,2-4,7-9H2,1H3. The molecule has 1 aliphatic rings. The maximum atomic E-state index is 5.70. The Kier molecular flexibility index (Phi) is 5.07. The van der Waals surface area contributed by atoms with Crippen molar-refractivity contribution in [2.45, 2.75) is 44.8 Å². The fraction of sp³-hybridized carbons (Fsp3) is 0.692. The van der Waals surface area contributed by atoms with Crippen molar-refractivity contribution in [1.82, 2.24) is 5.32 Å². The Morgan fingerprint density at radius 1 is 1.53 bits per heavy atom. The van der Waals surface area contributed by atoms with Crippen molar-refractivity contribution in [3.05, 3.63) is 22.6 Å². The summed E-state index contributed by atoms with van der Waals surface area (Å²) >= 11 is 3.36. The molecule has 1 fully saturated rings. The van der Waals surface area contributed by atoms with Crippen LogP contribution in [0.3, 0.4) is 0 Å². The van der Waals surface area contributed by atoms with Gasteiger partial charge in [-0.25, -0.2) is 0 Å². The molecule has 2 heterocycles. The first-order chi connectivity index (χ1) is 8.29. The number of rotatable bonds is 6. The Morgan fingerprint density at radius 3 is 3.00 bits per heavy atom. The van der Waals surface area contributed by atoms with Gasteiger partial charge in [-0.3, -0.25) is 0 Å². The van der Waals surface area contributed by atoms with Crippen molar-refractivity contribution < 1.29 is 9.15 Å². The number of nitrogens with one attached hydrogen (secondary N) is 1. The summed E-state index contributed by atoms with van der Waals surface area (Å²) in [5.74, 6) is 1.00. The van der Waals surface area contributed by atoms with E-state index in [1.807, 2.05) is 12.1 Å². The van der Waals surface area contributed by atoms with Crippen LogP contribution >= 0.6 is 15.9 Å². The number of hydrogen-bond donors (Lipinski definition) is 1. The molecule has 96 valence electrons. The molecule has 1 saturated heterocycles. The lowest BCUT2D eigenvalue weighted by atomic mass is 10.0. The quantitative estimate of drug-likeness (QED) is 0.871. The van der Waals surface area contributed by atoms with Crippen molar-refractivity contribution in [2.24, 2.45) is 0 Å².